The molecule has 0 unspecified atom stereocenters. The lowest BCUT2D eigenvalue weighted by Crippen LogP contribution is -2.00. The van der Waals surface area contributed by atoms with Crippen molar-refractivity contribution in [2.45, 2.75) is 0 Å². The van der Waals surface area contributed by atoms with E-state index in [1.807, 2.05) is 18.2 Å². The molecule has 0 aliphatic rings. The highest BCUT2D eigenvalue weighted by Crippen LogP contribution is 2.45. The second kappa shape index (κ2) is 14.6. The molecule has 0 spiro atoms. The van der Waals surface area contributed by atoms with Gasteiger partial charge in [0.2, 0.25) is 0 Å². The molecule has 0 aliphatic carbocycles. The van der Waals surface area contributed by atoms with Gasteiger partial charge in [0.15, 0.2) is 17.5 Å². The van der Waals surface area contributed by atoms with Gasteiger partial charge in [-0.1, -0.05) is 164 Å². The minimum atomic E-state index is 0.593. The van der Waals surface area contributed by atoms with Crippen molar-refractivity contribution < 1.29 is 4.42 Å². The van der Waals surface area contributed by atoms with Gasteiger partial charge >= 0.3 is 0 Å². The minimum Gasteiger partial charge on any atom is -0.456 e. The largest absolute Gasteiger partial charge is 0.456 e. The van der Waals surface area contributed by atoms with Crippen molar-refractivity contribution in [3.8, 4) is 45.5 Å². The van der Waals surface area contributed by atoms with Gasteiger partial charge in [-0.2, -0.15) is 0 Å². The molecule has 0 fully saturated rings. The van der Waals surface area contributed by atoms with E-state index < -0.39 is 0 Å². The molecule has 6 nitrogen and oxygen atoms in total. The Hall–Kier alpha value is -9.39. The molecular weight excluding hydrogens is 843 g/mol. The van der Waals surface area contributed by atoms with Crippen molar-refractivity contribution in [1.29, 1.82) is 0 Å². The Morgan fingerprint density at radius 3 is 1.81 bits per heavy atom. The lowest BCUT2D eigenvalue weighted by molar-refractivity contribution is 0.669. The summed E-state index contributed by atoms with van der Waals surface area (Å²) in [4.78, 5) is 15.9. The van der Waals surface area contributed by atoms with Crippen LogP contribution in [0.15, 0.2) is 229 Å². The summed E-state index contributed by atoms with van der Waals surface area (Å²) in [6.07, 6.45) is 0. The topological polar surface area (TPSA) is 61.7 Å². The Balaban J connectivity index is 0.996. The molecule has 0 atom stereocenters. The van der Waals surface area contributed by atoms with Crippen LogP contribution in [0.5, 0.6) is 0 Å². The van der Waals surface area contributed by atoms with E-state index in [1.54, 1.807) is 0 Å². The number of nitrogens with zero attached hydrogens (tertiary/aromatic N) is 5. The number of para-hydroxylation sites is 2. The average molecular weight is 880 g/mol. The van der Waals surface area contributed by atoms with Crippen molar-refractivity contribution in [3.05, 3.63) is 224 Å². The lowest BCUT2D eigenvalue weighted by Gasteiger charge is -2.13. The molecule has 0 N–H and O–H groups in total. The Labute approximate surface area is 394 Å². The molecule has 0 saturated carbocycles. The molecule has 6 heteroatoms. The van der Waals surface area contributed by atoms with E-state index in [1.165, 1.54) is 37.8 Å². The van der Waals surface area contributed by atoms with Crippen molar-refractivity contribution in [1.82, 2.24) is 24.1 Å². The van der Waals surface area contributed by atoms with Crippen molar-refractivity contribution >= 4 is 97.9 Å². The van der Waals surface area contributed by atoms with Crippen LogP contribution in [-0.4, -0.2) is 24.1 Å². The molecule has 0 aliphatic heterocycles. The minimum absolute atomic E-state index is 0.593. The molecule has 320 valence electrons. The Bertz CT molecular complexity index is 4600. The summed E-state index contributed by atoms with van der Waals surface area (Å²) in [5.74, 6) is 1.82. The predicted molar refractivity (Wildman–Crippen MR) is 285 cm³/mol. The summed E-state index contributed by atoms with van der Waals surface area (Å²) in [5, 5.41) is 13.7. The normalized spacial score (nSPS) is 12.1. The number of rotatable bonds is 5. The summed E-state index contributed by atoms with van der Waals surface area (Å²) in [6, 6.07) is 79.7. The maximum absolute atomic E-state index is 6.83. The third kappa shape index (κ3) is 5.63. The third-order valence-corrected chi connectivity index (χ3v) is 14.1. The first-order valence-electron chi connectivity index (χ1n) is 23.3. The predicted octanol–water partition coefficient (Wildman–Crippen LogP) is 16.4. The first-order chi connectivity index (χ1) is 34.2. The maximum atomic E-state index is 6.83. The van der Waals surface area contributed by atoms with Gasteiger partial charge in [0, 0.05) is 54.7 Å². The van der Waals surface area contributed by atoms with E-state index in [0.717, 1.165) is 88.1 Å². The van der Waals surface area contributed by atoms with Gasteiger partial charge < -0.3 is 13.6 Å². The van der Waals surface area contributed by atoms with Crippen LogP contribution in [0.4, 0.5) is 0 Å². The fourth-order valence-corrected chi connectivity index (χ4v) is 11.1. The van der Waals surface area contributed by atoms with Crippen LogP contribution in [0, 0.1) is 0 Å². The second-order valence-corrected chi connectivity index (χ2v) is 17.9. The first-order valence-corrected chi connectivity index (χ1v) is 23.3. The van der Waals surface area contributed by atoms with Crippen molar-refractivity contribution in [2.24, 2.45) is 0 Å². The number of hydrogen-bond donors (Lipinski definition) is 0. The number of furan rings is 1. The van der Waals surface area contributed by atoms with Gasteiger partial charge in [0.05, 0.1) is 33.1 Å². The van der Waals surface area contributed by atoms with Gasteiger partial charge in [-0.3, -0.25) is 0 Å². The van der Waals surface area contributed by atoms with Crippen molar-refractivity contribution in [3.63, 3.8) is 0 Å². The third-order valence-electron chi connectivity index (χ3n) is 14.1. The number of hydrogen-bond acceptors (Lipinski definition) is 4. The molecular formula is C63H37N5O. The number of fused-ring (bicyclic) bond motifs is 14. The van der Waals surface area contributed by atoms with Gasteiger partial charge in [0.1, 0.15) is 11.2 Å². The summed E-state index contributed by atoms with van der Waals surface area (Å²) in [5.41, 5.74) is 11.1. The van der Waals surface area contributed by atoms with E-state index in [-0.39, 0.29) is 0 Å². The van der Waals surface area contributed by atoms with Crippen molar-refractivity contribution in [2.75, 3.05) is 0 Å². The van der Waals surface area contributed by atoms with E-state index in [4.69, 9.17) is 19.4 Å². The Kier molecular flexibility index (Phi) is 7.97. The standard InChI is InChI=1S/C63H37N5O/c1-3-16-40(17-4-1)61-64-62(66-63(65-61)48-24-13-26-52-57(48)47-23-11-12-25-51(47)67(52)44-20-5-2-6-21-44)43-30-29-39-32-34-56-58(49(39)36-43)59-53(27-14-28-55(59)69-56)68-54-37-42-19-8-7-18-41(42)35-50(54)46-33-31-38-15-9-10-22-45(38)60(46)68/h1-37H. The molecule has 0 bridgehead atoms. The molecule has 69 heavy (non-hydrogen) atoms. The highest BCUT2D eigenvalue weighted by Gasteiger charge is 2.23. The summed E-state index contributed by atoms with van der Waals surface area (Å²) >= 11 is 0. The van der Waals surface area contributed by atoms with Gasteiger partial charge in [0.25, 0.3) is 0 Å². The molecule has 4 aromatic heterocycles. The molecule has 11 aromatic carbocycles. The van der Waals surface area contributed by atoms with Crippen LogP contribution < -0.4 is 0 Å². The highest BCUT2D eigenvalue weighted by atomic mass is 16.3. The van der Waals surface area contributed by atoms with Crippen LogP contribution in [0.25, 0.3) is 143 Å². The van der Waals surface area contributed by atoms with Crippen LogP contribution in [0.2, 0.25) is 0 Å². The zero-order valence-electron chi connectivity index (χ0n) is 37.0. The van der Waals surface area contributed by atoms with E-state index >= 15 is 0 Å². The molecule has 0 saturated heterocycles. The number of benzene rings is 11. The lowest BCUT2D eigenvalue weighted by atomic mass is 10.00. The fraction of sp³-hybridized carbons (Fsp3) is 0. The van der Waals surface area contributed by atoms with E-state index in [9.17, 15) is 0 Å². The Morgan fingerprint density at radius 1 is 0.319 bits per heavy atom. The molecule has 15 rings (SSSR count). The molecule has 0 amide bonds. The van der Waals surface area contributed by atoms with Crippen LogP contribution in [0.1, 0.15) is 0 Å². The van der Waals surface area contributed by atoms with Crippen LogP contribution in [0.3, 0.4) is 0 Å². The highest BCUT2D eigenvalue weighted by molar-refractivity contribution is 6.25. The smallest absolute Gasteiger partial charge is 0.164 e. The van der Waals surface area contributed by atoms with Gasteiger partial charge in [-0.25, -0.2) is 15.0 Å². The van der Waals surface area contributed by atoms with Crippen LogP contribution in [-0.2, 0) is 0 Å². The average Bonchev–Trinajstić information content (AvgIpc) is 4.08. The molecule has 0 radical (unpaired) electrons. The zero-order chi connectivity index (χ0) is 45.2. The SMILES string of the molecule is c1ccc(-c2nc(-c3ccc4ccc5oc6cccc(-n7c8cc9ccccc9cc8c8ccc9ccccc9c87)c6c5c4c3)nc(-c3cccc4c3c3ccccc3n4-c3ccccc3)n2)cc1. The molecule has 15 aromatic rings. The first kappa shape index (κ1) is 37.8. The van der Waals surface area contributed by atoms with Gasteiger partial charge in [-0.15, -0.1) is 0 Å². The van der Waals surface area contributed by atoms with Gasteiger partial charge in [-0.05, 0) is 87.6 Å². The van der Waals surface area contributed by atoms with E-state index in [0.29, 0.717) is 17.5 Å². The summed E-state index contributed by atoms with van der Waals surface area (Å²) in [6.45, 7) is 0. The summed E-state index contributed by atoms with van der Waals surface area (Å²) < 4.78 is 11.6. The Morgan fingerprint density at radius 2 is 0.957 bits per heavy atom. The maximum Gasteiger partial charge on any atom is 0.164 e. The zero-order valence-corrected chi connectivity index (χ0v) is 37.0. The van der Waals surface area contributed by atoms with E-state index in [2.05, 4.69) is 215 Å². The summed E-state index contributed by atoms with van der Waals surface area (Å²) in [7, 11) is 0. The monoisotopic (exact) mass is 879 g/mol. The fourth-order valence-electron chi connectivity index (χ4n) is 11.1. The quantitative estimate of drug-likeness (QED) is 0.173. The second-order valence-electron chi connectivity index (χ2n) is 17.9. The molecule has 4 heterocycles. The van der Waals surface area contributed by atoms with Crippen LogP contribution >= 0.6 is 0 Å². The number of aromatic nitrogens is 5.